The molecule has 1 heterocycles. The molecule has 0 atom stereocenters. The minimum atomic E-state index is 0.211. The molecule has 0 bridgehead atoms. The van der Waals surface area contributed by atoms with Crippen molar-refractivity contribution in [1.82, 2.24) is 15.1 Å². The van der Waals surface area contributed by atoms with Crippen molar-refractivity contribution in [3.05, 3.63) is 41.7 Å². The Morgan fingerprint density at radius 2 is 2.21 bits per heavy atom. The van der Waals surface area contributed by atoms with E-state index in [4.69, 9.17) is 4.74 Å². The number of ether oxygens (including phenoxy) is 1. The van der Waals surface area contributed by atoms with E-state index in [1.807, 2.05) is 38.5 Å². The molecule has 0 aliphatic heterocycles. The van der Waals surface area contributed by atoms with Gasteiger partial charge in [-0.15, -0.1) is 0 Å². The topological polar surface area (TPSA) is 59.3 Å². The monoisotopic (exact) mass is 261 g/mol. The second-order valence-corrected chi connectivity index (χ2v) is 4.32. The van der Waals surface area contributed by atoms with Gasteiger partial charge in [-0.3, -0.25) is 4.68 Å². The van der Waals surface area contributed by atoms with Crippen molar-refractivity contribution in [2.24, 2.45) is 7.05 Å². The lowest BCUT2D eigenvalue weighted by Gasteiger charge is -2.10. The standard InChI is InChI=1S/C14H19N3O2/c1-3-19-13-6-4-5-12(14(13)18)9-15-7-11-8-16-17(2)10-11/h4-6,8,10,15,18H,3,7,9H2,1-2H3. The summed E-state index contributed by atoms with van der Waals surface area (Å²) in [6.45, 7) is 3.74. The smallest absolute Gasteiger partial charge is 0.162 e. The summed E-state index contributed by atoms with van der Waals surface area (Å²) in [5.74, 6) is 0.742. The molecule has 0 spiro atoms. The molecule has 2 rings (SSSR count). The first-order valence-corrected chi connectivity index (χ1v) is 6.32. The van der Waals surface area contributed by atoms with E-state index in [1.165, 1.54) is 0 Å². The molecule has 1 aromatic heterocycles. The molecular weight excluding hydrogens is 242 g/mol. The minimum absolute atomic E-state index is 0.211. The molecule has 0 aliphatic carbocycles. The van der Waals surface area contributed by atoms with E-state index in [2.05, 4.69) is 10.4 Å². The van der Waals surface area contributed by atoms with Crippen LogP contribution in [0.4, 0.5) is 0 Å². The third-order valence-electron chi connectivity index (χ3n) is 2.79. The number of phenolic OH excluding ortho intramolecular Hbond substituents is 1. The molecular formula is C14H19N3O2. The van der Waals surface area contributed by atoms with E-state index in [0.717, 1.165) is 11.1 Å². The third-order valence-corrected chi connectivity index (χ3v) is 2.79. The van der Waals surface area contributed by atoms with Crippen molar-refractivity contribution in [3.8, 4) is 11.5 Å². The van der Waals surface area contributed by atoms with Crippen molar-refractivity contribution in [3.63, 3.8) is 0 Å². The first kappa shape index (κ1) is 13.4. The third kappa shape index (κ3) is 3.48. The van der Waals surface area contributed by atoms with Crippen LogP contribution in [-0.4, -0.2) is 21.5 Å². The maximum Gasteiger partial charge on any atom is 0.162 e. The Kier molecular flexibility index (Phi) is 4.41. The summed E-state index contributed by atoms with van der Waals surface area (Å²) in [5.41, 5.74) is 1.94. The van der Waals surface area contributed by atoms with Crippen molar-refractivity contribution < 1.29 is 9.84 Å². The van der Waals surface area contributed by atoms with Crippen LogP contribution in [0.25, 0.3) is 0 Å². The molecule has 102 valence electrons. The summed E-state index contributed by atoms with van der Waals surface area (Å²) in [4.78, 5) is 0. The fourth-order valence-electron chi connectivity index (χ4n) is 1.89. The van der Waals surface area contributed by atoms with Gasteiger partial charge in [-0.05, 0) is 13.0 Å². The first-order valence-electron chi connectivity index (χ1n) is 6.32. The molecule has 0 fully saturated rings. The SMILES string of the molecule is CCOc1cccc(CNCc2cnn(C)c2)c1O. The van der Waals surface area contributed by atoms with Gasteiger partial charge >= 0.3 is 0 Å². The van der Waals surface area contributed by atoms with E-state index >= 15 is 0 Å². The predicted molar refractivity (Wildman–Crippen MR) is 73.0 cm³/mol. The number of aromatic hydroxyl groups is 1. The van der Waals surface area contributed by atoms with Gasteiger partial charge in [0, 0.05) is 37.5 Å². The quantitative estimate of drug-likeness (QED) is 0.832. The Balaban J connectivity index is 1.94. The van der Waals surface area contributed by atoms with Crippen molar-refractivity contribution in [1.29, 1.82) is 0 Å². The number of nitrogens with one attached hydrogen (secondary N) is 1. The van der Waals surface area contributed by atoms with Crippen LogP contribution in [-0.2, 0) is 20.1 Å². The molecule has 0 amide bonds. The lowest BCUT2D eigenvalue weighted by Crippen LogP contribution is -2.12. The molecule has 0 aliphatic rings. The molecule has 5 nitrogen and oxygen atoms in total. The molecule has 5 heteroatoms. The highest BCUT2D eigenvalue weighted by atomic mass is 16.5. The maximum absolute atomic E-state index is 10.0. The average Bonchev–Trinajstić information content (AvgIpc) is 2.80. The summed E-state index contributed by atoms with van der Waals surface area (Å²) < 4.78 is 7.12. The molecule has 19 heavy (non-hydrogen) atoms. The fraction of sp³-hybridized carbons (Fsp3) is 0.357. The van der Waals surface area contributed by atoms with E-state index in [-0.39, 0.29) is 5.75 Å². The number of aryl methyl sites for hydroxylation is 1. The van der Waals surface area contributed by atoms with Gasteiger partial charge < -0.3 is 15.2 Å². The van der Waals surface area contributed by atoms with Gasteiger partial charge in [0.1, 0.15) is 0 Å². The van der Waals surface area contributed by atoms with Crippen LogP contribution in [0.5, 0.6) is 11.5 Å². The van der Waals surface area contributed by atoms with Crippen LogP contribution < -0.4 is 10.1 Å². The molecule has 0 unspecified atom stereocenters. The second-order valence-electron chi connectivity index (χ2n) is 4.32. The Morgan fingerprint density at radius 3 is 2.89 bits per heavy atom. The minimum Gasteiger partial charge on any atom is -0.504 e. The zero-order chi connectivity index (χ0) is 13.7. The van der Waals surface area contributed by atoms with Crippen LogP contribution in [0.1, 0.15) is 18.1 Å². The zero-order valence-corrected chi connectivity index (χ0v) is 11.3. The molecule has 1 aromatic carbocycles. The normalized spacial score (nSPS) is 10.6. The lowest BCUT2D eigenvalue weighted by molar-refractivity contribution is 0.316. The average molecular weight is 261 g/mol. The number of hydrogen-bond acceptors (Lipinski definition) is 4. The number of hydrogen-bond donors (Lipinski definition) is 2. The van der Waals surface area contributed by atoms with Crippen LogP contribution in [0.3, 0.4) is 0 Å². The second kappa shape index (κ2) is 6.24. The predicted octanol–water partition coefficient (Wildman–Crippen LogP) is 1.81. The van der Waals surface area contributed by atoms with Gasteiger partial charge in [0.25, 0.3) is 0 Å². The van der Waals surface area contributed by atoms with Gasteiger partial charge in [0.2, 0.25) is 0 Å². The number of phenols is 1. The zero-order valence-electron chi connectivity index (χ0n) is 11.3. The van der Waals surface area contributed by atoms with Crippen LogP contribution >= 0.6 is 0 Å². The highest BCUT2D eigenvalue weighted by Crippen LogP contribution is 2.29. The largest absolute Gasteiger partial charge is 0.504 e. The highest BCUT2D eigenvalue weighted by Gasteiger charge is 2.07. The summed E-state index contributed by atoms with van der Waals surface area (Å²) in [5, 5.41) is 17.4. The first-order chi connectivity index (χ1) is 9.20. The maximum atomic E-state index is 10.0. The van der Waals surface area contributed by atoms with Gasteiger partial charge in [0.05, 0.1) is 12.8 Å². The summed E-state index contributed by atoms with van der Waals surface area (Å²) in [6, 6.07) is 5.53. The number of nitrogens with zero attached hydrogens (tertiary/aromatic N) is 2. The van der Waals surface area contributed by atoms with Gasteiger partial charge in [-0.1, -0.05) is 12.1 Å². The van der Waals surface area contributed by atoms with Crippen LogP contribution in [0.2, 0.25) is 0 Å². The number of aromatic nitrogens is 2. The summed E-state index contributed by atoms with van der Waals surface area (Å²) in [6.07, 6.45) is 3.78. The van der Waals surface area contributed by atoms with E-state index < -0.39 is 0 Å². The summed E-state index contributed by atoms with van der Waals surface area (Å²) >= 11 is 0. The molecule has 0 saturated carbocycles. The summed E-state index contributed by atoms with van der Waals surface area (Å²) in [7, 11) is 1.89. The lowest BCUT2D eigenvalue weighted by atomic mass is 10.2. The Hall–Kier alpha value is -2.01. The highest BCUT2D eigenvalue weighted by molar-refractivity contribution is 5.45. The fourth-order valence-corrected chi connectivity index (χ4v) is 1.89. The van der Waals surface area contributed by atoms with E-state index in [9.17, 15) is 5.11 Å². The number of para-hydroxylation sites is 1. The van der Waals surface area contributed by atoms with Crippen molar-refractivity contribution in [2.75, 3.05) is 6.61 Å². The Labute approximate surface area is 112 Å². The molecule has 0 radical (unpaired) electrons. The van der Waals surface area contributed by atoms with Gasteiger partial charge in [0.15, 0.2) is 11.5 Å². The van der Waals surface area contributed by atoms with Gasteiger partial charge in [-0.2, -0.15) is 5.10 Å². The molecule has 2 aromatic rings. The molecule has 2 N–H and O–H groups in total. The van der Waals surface area contributed by atoms with Crippen molar-refractivity contribution in [2.45, 2.75) is 20.0 Å². The number of benzene rings is 1. The van der Waals surface area contributed by atoms with Crippen LogP contribution in [0.15, 0.2) is 30.6 Å². The Morgan fingerprint density at radius 1 is 1.37 bits per heavy atom. The molecule has 0 saturated heterocycles. The van der Waals surface area contributed by atoms with E-state index in [0.29, 0.717) is 25.4 Å². The van der Waals surface area contributed by atoms with Gasteiger partial charge in [-0.25, -0.2) is 0 Å². The Bertz CT molecular complexity index is 537. The van der Waals surface area contributed by atoms with E-state index in [1.54, 1.807) is 10.7 Å². The van der Waals surface area contributed by atoms with Crippen molar-refractivity contribution >= 4 is 0 Å². The number of rotatable bonds is 6. The van der Waals surface area contributed by atoms with Crippen LogP contribution in [0, 0.1) is 0 Å².